The molecule has 0 aromatic carbocycles. The van der Waals surface area contributed by atoms with Crippen molar-refractivity contribution in [2.75, 3.05) is 0 Å². The Morgan fingerprint density at radius 2 is 0.333 bits per heavy atom. The molecule has 0 saturated heterocycles. The van der Waals surface area contributed by atoms with Gasteiger partial charge in [-0.25, -0.2) is 0 Å². The van der Waals surface area contributed by atoms with Gasteiger partial charge in [0.15, 0.2) is 0 Å². The van der Waals surface area contributed by atoms with Crippen LogP contribution >= 0.6 is 120 Å². The van der Waals surface area contributed by atoms with Crippen molar-refractivity contribution >= 4 is 120 Å². The minimum atomic E-state index is 0. The van der Waals surface area contributed by atoms with E-state index in [4.69, 9.17) is 0 Å². The van der Waals surface area contributed by atoms with Crippen LogP contribution < -0.4 is 0 Å². The topological polar surface area (TPSA) is 0 Å². The molecule has 0 bridgehead atoms. The Labute approximate surface area is 139 Å². The molecule has 45 valence electrons. The SMILES string of the molecule is I.I.I.I.I.[Nb]. The molecule has 0 aliphatic rings. The number of halogens is 5. The van der Waals surface area contributed by atoms with Crippen molar-refractivity contribution in [2.45, 2.75) is 0 Å². The molecule has 6 heteroatoms. The van der Waals surface area contributed by atoms with Crippen LogP contribution in [0.15, 0.2) is 0 Å². The number of rotatable bonds is 0. The molecule has 0 atom stereocenters. The van der Waals surface area contributed by atoms with Gasteiger partial charge in [-0.1, -0.05) is 0 Å². The zero-order valence-electron chi connectivity index (χ0n) is 2.49. The molecule has 0 unspecified atom stereocenters. The molecule has 0 fully saturated rings. The van der Waals surface area contributed by atoms with Crippen molar-refractivity contribution in [1.29, 1.82) is 0 Å². The van der Waals surface area contributed by atoms with Gasteiger partial charge in [-0.3, -0.25) is 0 Å². The van der Waals surface area contributed by atoms with E-state index in [-0.39, 0.29) is 142 Å². The Kier molecular flexibility index (Phi) is 272. The van der Waals surface area contributed by atoms with Gasteiger partial charge in [-0.05, 0) is 0 Å². The van der Waals surface area contributed by atoms with E-state index in [9.17, 15) is 0 Å². The third kappa shape index (κ3) is 23.8. The van der Waals surface area contributed by atoms with E-state index in [1.165, 1.54) is 0 Å². The van der Waals surface area contributed by atoms with Crippen molar-refractivity contribution in [1.82, 2.24) is 0 Å². The molecule has 0 aromatic heterocycles. The minimum Gasteiger partial charge on any atom is -0.107 e. The van der Waals surface area contributed by atoms with Crippen molar-refractivity contribution in [3.8, 4) is 0 Å². The quantitative estimate of drug-likeness (QED) is 0.266. The zero-order chi connectivity index (χ0) is 0. The van der Waals surface area contributed by atoms with Crippen LogP contribution in [-0.2, 0) is 22.4 Å². The molecule has 0 saturated carbocycles. The largest absolute Gasteiger partial charge is 0.107 e. The van der Waals surface area contributed by atoms with Gasteiger partial charge in [0.05, 0.1) is 0 Å². The molecular formula is H5I5Nb. The molecule has 0 aliphatic heterocycles. The summed E-state index contributed by atoms with van der Waals surface area (Å²) in [5.74, 6) is 0. The van der Waals surface area contributed by atoms with Crippen molar-refractivity contribution < 1.29 is 22.4 Å². The fraction of sp³-hybridized carbons (Fsp3) is 0. The fourth-order valence-electron chi connectivity index (χ4n) is 0. The first-order valence-corrected chi connectivity index (χ1v) is 0. The molecule has 1 radical (unpaired) electrons. The van der Waals surface area contributed by atoms with E-state index in [1.54, 1.807) is 0 Å². The van der Waals surface area contributed by atoms with Gasteiger partial charge in [0.25, 0.3) is 0 Å². The third-order valence-electron chi connectivity index (χ3n) is 0. The average molecular weight is 732 g/mol. The summed E-state index contributed by atoms with van der Waals surface area (Å²) in [6.45, 7) is 0. The van der Waals surface area contributed by atoms with Gasteiger partial charge in [-0.2, -0.15) is 0 Å². The van der Waals surface area contributed by atoms with Crippen LogP contribution in [0.4, 0.5) is 0 Å². The second-order valence-electron chi connectivity index (χ2n) is 0. The summed E-state index contributed by atoms with van der Waals surface area (Å²) in [6.07, 6.45) is 0. The summed E-state index contributed by atoms with van der Waals surface area (Å²) in [4.78, 5) is 0. The molecular weight excluding hydrogens is 727 g/mol. The van der Waals surface area contributed by atoms with E-state index in [0.29, 0.717) is 0 Å². The Hall–Kier alpha value is 4.39. The van der Waals surface area contributed by atoms with Crippen molar-refractivity contribution in [2.24, 2.45) is 0 Å². The van der Waals surface area contributed by atoms with Crippen molar-refractivity contribution in [3.63, 3.8) is 0 Å². The summed E-state index contributed by atoms with van der Waals surface area (Å²) in [5.41, 5.74) is 0. The summed E-state index contributed by atoms with van der Waals surface area (Å²) in [7, 11) is 0. The molecule has 0 amide bonds. The smallest absolute Gasteiger partial charge is 0 e. The van der Waals surface area contributed by atoms with Crippen LogP contribution in [0.1, 0.15) is 0 Å². The summed E-state index contributed by atoms with van der Waals surface area (Å²) < 4.78 is 0. The normalized spacial score (nSPS) is 0. The van der Waals surface area contributed by atoms with E-state index in [1.807, 2.05) is 0 Å². The predicted octanol–water partition coefficient (Wildman–Crippen LogP) is 3.09. The van der Waals surface area contributed by atoms with Crippen LogP contribution in [0.25, 0.3) is 0 Å². The number of hydrogen-bond acceptors (Lipinski definition) is 0. The molecule has 0 heterocycles. The van der Waals surface area contributed by atoms with E-state index < -0.39 is 0 Å². The molecule has 6 heavy (non-hydrogen) atoms. The van der Waals surface area contributed by atoms with Gasteiger partial charge in [0.1, 0.15) is 0 Å². The molecule has 0 rings (SSSR count). The molecule has 0 spiro atoms. The van der Waals surface area contributed by atoms with Gasteiger partial charge in [0, 0.05) is 22.4 Å². The molecule has 0 aromatic rings. The van der Waals surface area contributed by atoms with Gasteiger partial charge < -0.3 is 0 Å². The van der Waals surface area contributed by atoms with Gasteiger partial charge in [0.2, 0.25) is 0 Å². The number of hydrogen-bond donors (Lipinski definition) is 0. The Balaban J connectivity index is 0. The zero-order valence-corrected chi connectivity index (χ0v) is 16.3. The standard InChI is InChI=1S/5HI.Nb/h5*1H;. The van der Waals surface area contributed by atoms with Crippen LogP contribution in [0.3, 0.4) is 0 Å². The minimum absolute atomic E-state index is 0. The summed E-state index contributed by atoms with van der Waals surface area (Å²) in [6, 6.07) is 0. The van der Waals surface area contributed by atoms with Crippen LogP contribution in [0.5, 0.6) is 0 Å². The second-order valence-corrected chi connectivity index (χ2v) is 0. The van der Waals surface area contributed by atoms with E-state index >= 15 is 0 Å². The summed E-state index contributed by atoms with van der Waals surface area (Å²) >= 11 is 0. The monoisotopic (exact) mass is 732 g/mol. The van der Waals surface area contributed by atoms with Crippen LogP contribution in [-0.4, -0.2) is 0 Å². The molecule has 0 nitrogen and oxygen atoms in total. The summed E-state index contributed by atoms with van der Waals surface area (Å²) in [5, 5.41) is 0. The molecule has 0 aliphatic carbocycles. The third-order valence-corrected chi connectivity index (χ3v) is 0. The van der Waals surface area contributed by atoms with E-state index in [2.05, 4.69) is 0 Å². The Morgan fingerprint density at radius 1 is 0.333 bits per heavy atom. The Morgan fingerprint density at radius 3 is 0.333 bits per heavy atom. The first-order chi connectivity index (χ1) is 0. The van der Waals surface area contributed by atoms with Crippen LogP contribution in [0, 0.1) is 0 Å². The van der Waals surface area contributed by atoms with Gasteiger partial charge in [-0.15, -0.1) is 120 Å². The average Bonchev–Trinajstić information content (AvgIpc) is 0. The maximum atomic E-state index is 0. The second kappa shape index (κ2) is 34.3. The maximum Gasteiger partial charge on any atom is 0 e. The predicted molar refractivity (Wildman–Crippen MR) is 77.1 cm³/mol. The van der Waals surface area contributed by atoms with E-state index in [0.717, 1.165) is 0 Å². The van der Waals surface area contributed by atoms with Crippen molar-refractivity contribution in [3.05, 3.63) is 0 Å². The van der Waals surface area contributed by atoms with Crippen LogP contribution in [0.2, 0.25) is 0 Å². The first-order valence-electron chi connectivity index (χ1n) is 0. The Bertz CT molecular complexity index is 3.90. The molecule has 0 N–H and O–H groups in total. The maximum absolute atomic E-state index is 0. The fourth-order valence-corrected chi connectivity index (χ4v) is 0. The first kappa shape index (κ1) is 47.5. The van der Waals surface area contributed by atoms with Gasteiger partial charge >= 0.3 is 0 Å².